The minimum atomic E-state index is 0.936. The molecule has 0 aliphatic rings. The van der Waals surface area contributed by atoms with E-state index in [4.69, 9.17) is 5.73 Å². The molecule has 0 bridgehead atoms. The Balaban J connectivity index is 0.000000396. The molecular formula is C11H15NS. The first kappa shape index (κ1) is 10.1. The predicted octanol–water partition coefficient (Wildman–Crippen LogP) is 3.82. The van der Waals surface area contributed by atoms with E-state index >= 15 is 0 Å². The van der Waals surface area contributed by atoms with Crippen molar-refractivity contribution >= 4 is 27.1 Å². The molecule has 0 saturated carbocycles. The third-order valence-electron chi connectivity index (χ3n) is 1.82. The Morgan fingerprint density at radius 3 is 2.38 bits per heavy atom. The molecule has 0 aliphatic carbocycles. The molecule has 1 heterocycles. The van der Waals surface area contributed by atoms with Gasteiger partial charge in [-0.1, -0.05) is 32.0 Å². The lowest BCUT2D eigenvalue weighted by Gasteiger charge is -1.88. The number of hydrogen-bond acceptors (Lipinski definition) is 2. The summed E-state index contributed by atoms with van der Waals surface area (Å²) in [6.07, 6.45) is 0. The molecule has 0 amide bonds. The first-order valence-electron chi connectivity index (χ1n) is 4.52. The first-order chi connectivity index (χ1) is 6.29. The van der Waals surface area contributed by atoms with Crippen LogP contribution in [0.2, 0.25) is 0 Å². The minimum absolute atomic E-state index is 0.936. The number of aryl methyl sites for hydroxylation is 1. The Bertz CT molecular complexity index is 390. The standard InChI is InChI=1S/C9H9NS.C2H6/c1-6-9(10)7-4-2-3-5-8(7)11-6;1-2/h2-5H,10H2,1H3;1-2H3. The molecule has 0 atom stereocenters. The summed E-state index contributed by atoms with van der Waals surface area (Å²) in [5, 5.41) is 1.19. The van der Waals surface area contributed by atoms with Crippen molar-refractivity contribution in [2.75, 3.05) is 5.73 Å². The number of thiophene rings is 1. The van der Waals surface area contributed by atoms with E-state index in [9.17, 15) is 0 Å². The summed E-state index contributed by atoms with van der Waals surface area (Å²) in [4.78, 5) is 1.21. The average molecular weight is 193 g/mol. The Morgan fingerprint density at radius 2 is 1.77 bits per heavy atom. The zero-order valence-corrected chi connectivity index (χ0v) is 9.11. The molecule has 0 aliphatic heterocycles. The van der Waals surface area contributed by atoms with Gasteiger partial charge in [0.25, 0.3) is 0 Å². The lowest BCUT2D eigenvalue weighted by atomic mass is 10.2. The molecule has 2 rings (SSSR count). The van der Waals surface area contributed by atoms with Crippen LogP contribution in [0.4, 0.5) is 5.69 Å². The van der Waals surface area contributed by atoms with Gasteiger partial charge in [0.05, 0.1) is 5.69 Å². The second-order valence-corrected chi connectivity index (χ2v) is 3.82. The van der Waals surface area contributed by atoms with E-state index in [1.807, 2.05) is 26.0 Å². The highest BCUT2D eigenvalue weighted by Gasteiger charge is 2.02. The van der Waals surface area contributed by atoms with Crippen LogP contribution in [0, 0.1) is 6.92 Å². The number of nitrogens with two attached hydrogens (primary N) is 1. The van der Waals surface area contributed by atoms with E-state index in [0.717, 1.165) is 5.69 Å². The SMILES string of the molecule is CC.Cc1sc2ccccc2c1N. The lowest BCUT2D eigenvalue weighted by molar-refractivity contribution is 1.50. The normalized spacial score (nSPS) is 9.46. The van der Waals surface area contributed by atoms with Crippen LogP contribution in [-0.2, 0) is 0 Å². The molecule has 0 radical (unpaired) electrons. The van der Waals surface area contributed by atoms with Crippen LogP contribution in [-0.4, -0.2) is 0 Å². The number of anilines is 1. The smallest absolute Gasteiger partial charge is 0.0532 e. The Hall–Kier alpha value is -1.02. The van der Waals surface area contributed by atoms with Crippen molar-refractivity contribution in [1.82, 2.24) is 0 Å². The highest BCUT2D eigenvalue weighted by atomic mass is 32.1. The molecule has 2 aromatic rings. The fourth-order valence-electron chi connectivity index (χ4n) is 1.19. The highest BCUT2D eigenvalue weighted by molar-refractivity contribution is 7.19. The van der Waals surface area contributed by atoms with Crippen LogP contribution in [0.3, 0.4) is 0 Å². The van der Waals surface area contributed by atoms with Gasteiger partial charge in [-0.25, -0.2) is 0 Å². The van der Waals surface area contributed by atoms with Gasteiger partial charge >= 0.3 is 0 Å². The van der Waals surface area contributed by atoms with Gasteiger partial charge in [-0.05, 0) is 13.0 Å². The van der Waals surface area contributed by atoms with Crippen molar-refractivity contribution < 1.29 is 0 Å². The topological polar surface area (TPSA) is 26.0 Å². The second kappa shape index (κ2) is 4.28. The summed E-state index contributed by atoms with van der Waals surface area (Å²) >= 11 is 1.75. The van der Waals surface area contributed by atoms with Crippen molar-refractivity contribution in [2.24, 2.45) is 0 Å². The fourth-order valence-corrected chi connectivity index (χ4v) is 2.17. The van der Waals surface area contributed by atoms with E-state index in [1.54, 1.807) is 11.3 Å². The van der Waals surface area contributed by atoms with Crippen molar-refractivity contribution in [3.8, 4) is 0 Å². The zero-order valence-electron chi connectivity index (χ0n) is 8.29. The summed E-state index contributed by atoms with van der Waals surface area (Å²) in [6, 6.07) is 8.22. The highest BCUT2D eigenvalue weighted by Crippen LogP contribution is 2.32. The molecular weight excluding hydrogens is 178 g/mol. The molecule has 0 fully saturated rings. The van der Waals surface area contributed by atoms with Crippen LogP contribution in [0.5, 0.6) is 0 Å². The maximum Gasteiger partial charge on any atom is 0.0532 e. The lowest BCUT2D eigenvalue weighted by Crippen LogP contribution is -1.82. The molecule has 0 unspecified atom stereocenters. The Morgan fingerprint density at radius 1 is 1.15 bits per heavy atom. The van der Waals surface area contributed by atoms with Crippen molar-refractivity contribution in [1.29, 1.82) is 0 Å². The van der Waals surface area contributed by atoms with E-state index < -0.39 is 0 Å². The summed E-state index contributed by atoms with van der Waals surface area (Å²) in [7, 11) is 0. The maximum atomic E-state index is 5.85. The Labute approximate surface area is 83.2 Å². The zero-order chi connectivity index (χ0) is 9.84. The molecule has 1 nitrogen and oxygen atoms in total. The maximum absolute atomic E-state index is 5.85. The number of hydrogen-bond donors (Lipinski definition) is 1. The average Bonchev–Trinajstić information content (AvgIpc) is 2.47. The molecule has 0 spiro atoms. The molecule has 2 heteroatoms. The summed E-state index contributed by atoms with van der Waals surface area (Å²) in [5.41, 5.74) is 6.78. The minimum Gasteiger partial charge on any atom is -0.397 e. The Kier molecular flexibility index (Phi) is 3.32. The third kappa shape index (κ3) is 1.83. The monoisotopic (exact) mass is 193 g/mol. The molecule has 1 aromatic carbocycles. The number of nitrogen functional groups attached to an aromatic ring is 1. The van der Waals surface area contributed by atoms with Gasteiger partial charge < -0.3 is 5.73 Å². The number of rotatable bonds is 0. The molecule has 1 aromatic heterocycles. The first-order valence-corrected chi connectivity index (χ1v) is 5.34. The van der Waals surface area contributed by atoms with Crippen LogP contribution < -0.4 is 5.73 Å². The van der Waals surface area contributed by atoms with Gasteiger partial charge in [-0.2, -0.15) is 0 Å². The van der Waals surface area contributed by atoms with Gasteiger partial charge in [-0.15, -0.1) is 11.3 Å². The summed E-state index contributed by atoms with van der Waals surface area (Å²) in [6.45, 7) is 6.06. The van der Waals surface area contributed by atoms with E-state index in [1.165, 1.54) is 15.0 Å². The van der Waals surface area contributed by atoms with Crippen LogP contribution in [0.1, 0.15) is 18.7 Å². The van der Waals surface area contributed by atoms with Gasteiger partial charge in [0, 0.05) is 15.0 Å². The fraction of sp³-hybridized carbons (Fsp3) is 0.273. The van der Waals surface area contributed by atoms with Crippen molar-refractivity contribution in [3.05, 3.63) is 29.1 Å². The van der Waals surface area contributed by atoms with Crippen LogP contribution >= 0.6 is 11.3 Å². The van der Waals surface area contributed by atoms with Gasteiger partial charge in [0.1, 0.15) is 0 Å². The summed E-state index contributed by atoms with van der Waals surface area (Å²) in [5.74, 6) is 0. The molecule has 0 saturated heterocycles. The molecule has 13 heavy (non-hydrogen) atoms. The van der Waals surface area contributed by atoms with E-state index in [2.05, 4.69) is 19.1 Å². The number of benzene rings is 1. The molecule has 2 N–H and O–H groups in total. The quantitative estimate of drug-likeness (QED) is 0.676. The number of fused-ring (bicyclic) bond motifs is 1. The van der Waals surface area contributed by atoms with Gasteiger partial charge in [0.2, 0.25) is 0 Å². The van der Waals surface area contributed by atoms with Crippen molar-refractivity contribution in [2.45, 2.75) is 20.8 Å². The van der Waals surface area contributed by atoms with Crippen LogP contribution in [0.25, 0.3) is 10.1 Å². The van der Waals surface area contributed by atoms with Crippen LogP contribution in [0.15, 0.2) is 24.3 Å². The van der Waals surface area contributed by atoms with Gasteiger partial charge in [0.15, 0.2) is 0 Å². The third-order valence-corrected chi connectivity index (χ3v) is 2.92. The van der Waals surface area contributed by atoms with Crippen molar-refractivity contribution in [3.63, 3.8) is 0 Å². The van der Waals surface area contributed by atoms with E-state index in [0.29, 0.717) is 0 Å². The largest absolute Gasteiger partial charge is 0.397 e. The second-order valence-electron chi connectivity index (χ2n) is 2.57. The predicted molar refractivity (Wildman–Crippen MR) is 62.3 cm³/mol. The van der Waals surface area contributed by atoms with E-state index in [-0.39, 0.29) is 0 Å². The molecule has 70 valence electrons. The van der Waals surface area contributed by atoms with Gasteiger partial charge in [-0.3, -0.25) is 0 Å². The summed E-state index contributed by atoms with van der Waals surface area (Å²) < 4.78 is 1.28.